The van der Waals surface area contributed by atoms with Crippen molar-refractivity contribution < 1.29 is 9.53 Å². The van der Waals surface area contributed by atoms with Crippen LogP contribution in [0.3, 0.4) is 0 Å². The molecule has 7 heteroatoms. The van der Waals surface area contributed by atoms with Crippen molar-refractivity contribution >= 4 is 22.6 Å². The van der Waals surface area contributed by atoms with Crippen LogP contribution in [0.4, 0.5) is 5.82 Å². The van der Waals surface area contributed by atoms with Crippen molar-refractivity contribution in [1.82, 2.24) is 15.3 Å². The molecule has 0 spiro atoms. The summed E-state index contributed by atoms with van der Waals surface area (Å²) in [5.41, 5.74) is 7.64. The largest absolute Gasteiger partial charge is 0.497 e. The number of anilines is 1. The summed E-state index contributed by atoms with van der Waals surface area (Å²) in [6.45, 7) is 1.67. The van der Waals surface area contributed by atoms with Crippen molar-refractivity contribution in [2.24, 2.45) is 5.73 Å². The first-order chi connectivity index (χ1) is 13.2. The van der Waals surface area contributed by atoms with E-state index in [2.05, 4.69) is 32.7 Å². The third-order valence-corrected chi connectivity index (χ3v) is 4.99. The molecule has 0 bridgehead atoms. The van der Waals surface area contributed by atoms with Gasteiger partial charge in [-0.15, -0.1) is 0 Å². The number of carbonyl (C=O) groups excluding carboxylic acids is 1. The van der Waals surface area contributed by atoms with E-state index in [0.717, 1.165) is 24.2 Å². The van der Waals surface area contributed by atoms with E-state index < -0.39 is 5.91 Å². The van der Waals surface area contributed by atoms with Gasteiger partial charge < -0.3 is 21.1 Å². The number of hydrogen-bond acceptors (Lipinski definition) is 6. The van der Waals surface area contributed by atoms with Gasteiger partial charge in [0.2, 0.25) is 0 Å². The minimum Gasteiger partial charge on any atom is -0.497 e. The summed E-state index contributed by atoms with van der Waals surface area (Å²) in [5, 5.41) is 7.75. The molecule has 2 heterocycles. The lowest BCUT2D eigenvalue weighted by Crippen LogP contribution is -2.27. The molecular weight excluding hydrogens is 342 g/mol. The van der Waals surface area contributed by atoms with E-state index in [9.17, 15) is 4.79 Å². The molecular formula is C20H21N5O2. The minimum absolute atomic E-state index is 0.146. The summed E-state index contributed by atoms with van der Waals surface area (Å²) in [6, 6.07) is 13.6. The number of ether oxygens (including phenoxy) is 1. The smallest absolute Gasteiger partial charge is 0.250 e. The molecule has 138 valence electrons. The molecule has 2 unspecified atom stereocenters. The third-order valence-electron chi connectivity index (χ3n) is 4.99. The van der Waals surface area contributed by atoms with Crippen molar-refractivity contribution in [1.29, 1.82) is 0 Å². The molecule has 0 radical (unpaired) electrons. The summed E-state index contributed by atoms with van der Waals surface area (Å²) in [5.74, 6) is 1.31. The van der Waals surface area contributed by atoms with Crippen LogP contribution in [0, 0.1) is 0 Å². The summed E-state index contributed by atoms with van der Waals surface area (Å²) in [6.07, 6.45) is 1.46. The lowest BCUT2D eigenvalue weighted by molar-refractivity contribution is 0.100. The number of hydrogen-bond donors (Lipinski definition) is 3. The van der Waals surface area contributed by atoms with Gasteiger partial charge in [-0.1, -0.05) is 18.2 Å². The second-order valence-corrected chi connectivity index (χ2v) is 6.58. The van der Waals surface area contributed by atoms with Crippen molar-refractivity contribution in [3.63, 3.8) is 0 Å². The molecule has 4 rings (SSSR count). The Morgan fingerprint density at radius 3 is 2.89 bits per heavy atom. The average molecular weight is 363 g/mol. The van der Waals surface area contributed by atoms with Gasteiger partial charge in [0.25, 0.3) is 5.91 Å². The van der Waals surface area contributed by atoms with Crippen molar-refractivity contribution in [3.8, 4) is 5.75 Å². The fraction of sp³-hybridized carbons (Fsp3) is 0.250. The van der Waals surface area contributed by atoms with Crippen LogP contribution in [0.2, 0.25) is 0 Å². The van der Waals surface area contributed by atoms with Gasteiger partial charge in [-0.25, -0.2) is 9.97 Å². The maximum Gasteiger partial charge on any atom is 0.250 e. The van der Waals surface area contributed by atoms with E-state index in [4.69, 9.17) is 10.5 Å². The summed E-state index contributed by atoms with van der Waals surface area (Å²) < 4.78 is 5.36. The van der Waals surface area contributed by atoms with Gasteiger partial charge in [0.05, 0.1) is 18.2 Å². The van der Waals surface area contributed by atoms with Crippen LogP contribution in [0.25, 0.3) is 10.9 Å². The Morgan fingerprint density at radius 2 is 2.07 bits per heavy atom. The topological polar surface area (TPSA) is 102 Å². The molecule has 2 aromatic carbocycles. The number of carbonyl (C=O) groups is 1. The van der Waals surface area contributed by atoms with Crippen molar-refractivity contribution in [2.75, 3.05) is 25.5 Å². The van der Waals surface area contributed by atoms with E-state index in [0.29, 0.717) is 16.9 Å². The Balaban J connectivity index is 1.67. The molecule has 1 aliphatic heterocycles. The maximum absolute atomic E-state index is 11.7. The Hall–Kier alpha value is -3.19. The Morgan fingerprint density at radius 1 is 1.22 bits per heavy atom. The first-order valence-electron chi connectivity index (χ1n) is 8.82. The lowest BCUT2D eigenvalue weighted by Gasteiger charge is -2.22. The monoisotopic (exact) mass is 363 g/mol. The molecule has 0 aliphatic carbocycles. The quantitative estimate of drug-likeness (QED) is 0.640. The molecule has 1 aliphatic rings. The van der Waals surface area contributed by atoms with Crippen molar-refractivity contribution in [3.05, 3.63) is 59.9 Å². The van der Waals surface area contributed by atoms with Crippen LogP contribution in [0.1, 0.15) is 21.8 Å². The van der Waals surface area contributed by atoms with Gasteiger partial charge in [-0.3, -0.25) is 4.79 Å². The predicted octanol–water partition coefficient (Wildman–Crippen LogP) is 1.90. The fourth-order valence-corrected chi connectivity index (χ4v) is 3.63. The van der Waals surface area contributed by atoms with Crippen LogP contribution in [0.5, 0.6) is 5.75 Å². The number of nitrogens with zero attached hydrogens (tertiary/aromatic N) is 2. The highest BCUT2D eigenvalue weighted by molar-refractivity contribution is 6.06. The Bertz CT molecular complexity index is 991. The maximum atomic E-state index is 11.7. The van der Waals surface area contributed by atoms with E-state index in [1.165, 1.54) is 11.9 Å². The van der Waals surface area contributed by atoms with Crippen LogP contribution < -0.4 is 21.1 Å². The summed E-state index contributed by atoms with van der Waals surface area (Å²) in [4.78, 5) is 20.3. The zero-order chi connectivity index (χ0) is 18.8. The molecule has 1 aromatic heterocycles. The number of nitrogens with one attached hydrogen (secondary N) is 2. The molecule has 4 N–H and O–H groups in total. The van der Waals surface area contributed by atoms with Gasteiger partial charge in [0.15, 0.2) is 0 Å². The molecule has 3 aromatic rings. The number of aromatic nitrogens is 2. The number of methoxy groups -OCH3 is 1. The number of nitrogens with two attached hydrogens (primary N) is 1. The number of benzene rings is 2. The zero-order valence-electron chi connectivity index (χ0n) is 15.0. The van der Waals surface area contributed by atoms with Gasteiger partial charge in [0, 0.05) is 30.4 Å². The second kappa shape index (κ2) is 7.20. The fourth-order valence-electron chi connectivity index (χ4n) is 3.63. The summed E-state index contributed by atoms with van der Waals surface area (Å²) >= 11 is 0. The van der Waals surface area contributed by atoms with Gasteiger partial charge >= 0.3 is 0 Å². The third kappa shape index (κ3) is 3.29. The van der Waals surface area contributed by atoms with E-state index in [-0.39, 0.29) is 12.0 Å². The number of amides is 1. The van der Waals surface area contributed by atoms with Crippen LogP contribution in [-0.2, 0) is 0 Å². The Labute approximate surface area is 157 Å². The standard InChI is InChI=1S/C20H21N5O2/c1-27-13-5-2-4-12(8-13)16-9-22-10-17(16)25-20-15-7-3-6-14(19(21)26)18(15)23-11-24-20/h2-8,11,16-17,22H,9-10H2,1H3,(H2,21,26)(H,23,24,25). The minimum atomic E-state index is -0.498. The molecule has 1 fully saturated rings. The molecule has 27 heavy (non-hydrogen) atoms. The van der Waals surface area contributed by atoms with Gasteiger partial charge in [-0.05, 0) is 29.8 Å². The SMILES string of the molecule is COc1cccc(C2CNCC2Nc2ncnc3c(C(N)=O)cccc23)c1. The van der Waals surface area contributed by atoms with Crippen LogP contribution in [0.15, 0.2) is 48.8 Å². The normalized spacial score (nSPS) is 19.1. The molecule has 1 saturated heterocycles. The van der Waals surface area contributed by atoms with E-state index in [1.54, 1.807) is 19.2 Å². The highest BCUT2D eigenvalue weighted by atomic mass is 16.5. The van der Waals surface area contributed by atoms with Gasteiger partial charge in [-0.2, -0.15) is 0 Å². The highest BCUT2D eigenvalue weighted by Crippen LogP contribution is 2.30. The van der Waals surface area contributed by atoms with Crippen molar-refractivity contribution in [2.45, 2.75) is 12.0 Å². The summed E-state index contributed by atoms with van der Waals surface area (Å²) in [7, 11) is 1.67. The second-order valence-electron chi connectivity index (χ2n) is 6.58. The number of rotatable bonds is 5. The van der Waals surface area contributed by atoms with Crippen LogP contribution >= 0.6 is 0 Å². The first kappa shape index (κ1) is 17.2. The molecule has 0 saturated carbocycles. The molecule has 7 nitrogen and oxygen atoms in total. The zero-order valence-corrected chi connectivity index (χ0v) is 15.0. The number of primary amides is 1. The van der Waals surface area contributed by atoms with E-state index in [1.807, 2.05) is 18.2 Å². The first-order valence-corrected chi connectivity index (χ1v) is 8.82. The highest BCUT2D eigenvalue weighted by Gasteiger charge is 2.29. The predicted molar refractivity (Wildman–Crippen MR) is 104 cm³/mol. The Kier molecular flexibility index (Phi) is 4.60. The number of fused-ring (bicyclic) bond motifs is 1. The molecule has 2 atom stereocenters. The van der Waals surface area contributed by atoms with E-state index >= 15 is 0 Å². The average Bonchev–Trinajstić information content (AvgIpc) is 3.16. The number of para-hydroxylation sites is 1. The van der Waals surface area contributed by atoms with Gasteiger partial charge in [0.1, 0.15) is 17.9 Å². The molecule has 1 amide bonds. The van der Waals surface area contributed by atoms with Crippen LogP contribution in [-0.4, -0.2) is 42.1 Å². The lowest BCUT2D eigenvalue weighted by atomic mass is 9.94.